The standard InChI is InChI=1S/C6H16N2O3S2/c7-3-1-2-4-8-5-6-12-13(9,10)11/h8H,1-7H2,(H,9,10,11). The van der Waals surface area contributed by atoms with Gasteiger partial charge in [-0.2, -0.15) is 8.42 Å². The van der Waals surface area contributed by atoms with Gasteiger partial charge in [0.05, 0.1) is 0 Å². The van der Waals surface area contributed by atoms with Gasteiger partial charge < -0.3 is 11.1 Å². The van der Waals surface area contributed by atoms with E-state index in [2.05, 4.69) is 5.32 Å². The van der Waals surface area contributed by atoms with Crippen LogP contribution < -0.4 is 11.1 Å². The molecule has 0 amide bonds. The fraction of sp³-hybridized carbons (Fsp3) is 1.00. The number of hydrogen-bond acceptors (Lipinski definition) is 5. The lowest BCUT2D eigenvalue weighted by atomic mass is 10.3. The molecule has 7 heteroatoms. The molecule has 0 aromatic rings. The van der Waals surface area contributed by atoms with E-state index in [0.717, 1.165) is 19.4 Å². The van der Waals surface area contributed by atoms with Crippen molar-refractivity contribution in [1.29, 1.82) is 0 Å². The molecule has 0 heterocycles. The number of nitrogens with one attached hydrogen (secondary N) is 1. The summed E-state index contributed by atoms with van der Waals surface area (Å²) in [7, 11) is -3.33. The number of hydrogen-bond donors (Lipinski definition) is 3. The molecule has 5 nitrogen and oxygen atoms in total. The Labute approximate surface area is 82.6 Å². The van der Waals surface area contributed by atoms with Gasteiger partial charge in [0.25, 0.3) is 0 Å². The third-order valence-electron chi connectivity index (χ3n) is 1.32. The summed E-state index contributed by atoms with van der Waals surface area (Å²) >= 11 is 0. The Balaban J connectivity index is 3.09. The van der Waals surface area contributed by atoms with Crippen molar-refractivity contribution in [2.75, 3.05) is 25.4 Å². The maximum atomic E-state index is 10.2. The lowest BCUT2D eigenvalue weighted by Crippen LogP contribution is -2.19. The van der Waals surface area contributed by atoms with Crippen LogP contribution in [0.5, 0.6) is 0 Å². The van der Waals surface area contributed by atoms with Crippen LogP contribution in [0, 0.1) is 0 Å². The minimum atomic E-state index is -3.86. The molecule has 0 aliphatic carbocycles. The van der Waals surface area contributed by atoms with Crippen LogP contribution in [0.1, 0.15) is 12.8 Å². The molecule has 0 aromatic carbocycles. The summed E-state index contributed by atoms with van der Waals surface area (Å²) in [5.74, 6) is 0.363. The minimum Gasteiger partial charge on any atom is -0.330 e. The smallest absolute Gasteiger partial charge is 0.319 e. The highest BCUT2D eigenvalue weighted by molar-refractivity contribution is 8.69. The Bertz CT molecular complexity index is 206. The summed E-state index contributed by atoms with van der Waals surface area (Å²) in [6.07, 6.45) is 1.96. The summed E-state index contributed by atoms with van der Waals surface area (Å²) in [4.78, 5) is 0. The van der Waals surface area contributed by atoms with E-state index in [1.807, 2.05) is 0 Å². The first-order valence-corrected chi connectivity index (χ1v) is 7.03. The topological polar surface area (TPSA) is 92.4 Å². The molecule has 0 saturated carbocycles. The van der Waals surface area contributed by atoms with Gasteiger partial charge in [-0.15, -0.1) is 0 Å². The second-order valence-electron chi connectivity index (χ2n) is 2.50. The lowest BCUT2D eigenvalue weighted by molar-refractivity contribution is 0.503. The van der Waals surface area contributed by atoms with Crippen molar-refractivity contribution in [3.8, 4) is 0 Å². The fourth-order valence-electron chi connectivity index (χ4n) is 0.738. The first kappa shape index (κ1) is 13.2. The highest BCUT2D eigenvalue weighted by Crippen LogP contribution is 2.06. The van der Waals surface area contributed by atoms with E-state index < -0.39 is 9.15 Å². The van der Waals surface area contributed by atoms with Gasteiger partial charge in [0.2, 0.25) is 0 Å². The Morgan fingerprint density at radius 1 is 1.31 bits per heavy atom. The fourth-order valence-corrected chi connectivity index (χ4v) is 2.06. The van der Waals surface area contributed by atoms with Gasteiger partial charge in [-0.3, -0.25) is 4.55 Å². The Morgan fingerprint density at radius 2 is 2.00 bits per heavy atom. The minimum absolute atomic E-state index is 0.363. The summed E-state index contributed by atoms with van der Waals surface area (Å²) in [5.41, 5.74) is 5.28. The zero-order chi connectivity index (χ0) is 10.2. The average molecular weight is 228 g/mol. The molecule has 0 unspecified atom stereocenters. The van der Waals surface area contributed by atoms with Gasteiger partial charge in [0.1, 0.15) is 0 Å². The van der Waals surface area contributed by atoms with Crippen LogP contribution in [-0.2, 0) is 9.15 Å². The highest BCUT2D eigenvalue weighted by atomic mass is 33.1. The second kappa shape index (κ2) is 7.57. The molecule has 0 spiro atoms. The molecule has 0 saturated heterocycles. The number of nitrogens with two attached hydrogens (primary N) is 1. The average Bonchev–Trinajstić information content (AvgIpc) is 2.01. The molecule has 0 atom stereocenters. The van der Waals surface area contributed by atoms with Gasteiger partial charge >= 0.3 is 9.15 Å². The first-order chi connectivity index (χ1) is 6.06. The highest BCUT2D eigenvalue weighted by Gasteiger charge is 2.02. The van der Waals surface area contributed by atoms with E-state index >= 15 is 0 Å². The third kappa shape index (κ3) is 12.2. The maximum absolute atomic E-state index is 10.2. The van der Waals surface area contributed by atoms with Crippen LogP contribution >= 0.6 is 10.8 Å². The molecule has 0 rings (SSSR count). The van der Waals surface area contributed by atoms with Crippen LogP contribution in [0.2, 0.25) is 0 Å². The van der Waals surface area contributed by atoms with Gasteiger partial charge in [-0.1, -0.05) is 0 Å². The summed E-state index contributed by atoms with van der Waals surface area (Å²) in [6, 6.07) is 0. The van der Waals surface area contributed by atoms with E-state index in [1.54, 1.807) is 0 Å². The number of rotatable bonds is 8. The van der Waals surface area contributed by atoms with Gasteiger partial charge in [-0.25, -0.2) is 0 Å². The van der Waals surface area contributed by atoms with Gasteiger partial charge in [0, 0.05) is 12.3 Å². The molecular formula is C6H16N2O3S2. The molecule has 80 valence electrons. The predicted molar refractivity (Wildman–Crippen MR) is 55.2 cm³/mol. The second-order valence-corrected chi connectivity index (χ2v) is 5.97. The van der Waals surface area contributed by atoms with E-state index in [1.165, 1.54) is 0 Å². The Morgan fingerprint density at radius 3 is 2.54 bits per heavy atom. The molecule has 13 heavy (non-hydrogen) atoms. The molecular weight excluding hydrogens is 212 g/mol. The zero-order valence-corrected chi connectivity index (χ0v) is 9.03. The molecule has 0 radical (unpaired) electrons. The lowest BCUT2D eigenvalue weighted by Gasteiger charge is -2.01. The van der Waals surface area contributed by atoms with Crippen molar-refractivity contribution in [2.24, 2.45) is 5.73 Å². The van der Waals surface area contributed by atoms with Crippen molar-refractivity contribution < 1.29 is 13.0 Å². The predicted octanol–water partition coefficient (Wildman–Crippen LogP) is -0.149. The van der Waals surface area contributed by atoms with Crippen LogP contribution in [0.25, 0.3) is 0 Å². The van der Waals surface area contributed by atoms with E-state index in [4.69, 9.17) is 10.3 Å². The van der Waals surface area contributed by atoms with E-state index in [9.17, 15) is 8.42 Å². The maximum Gasteiger partial charge on any atom is 0.319 e. The third-order valence-corrected chi connectivity index (χ3v) is 3.38. The van der Waals surface area contributed by atoms with Crippen molar-refractivity contribution >= 4 is 19.9 Å². The van der Waals surface area contributed by atoms with Crippen molar-refractivity contribution in [1.82, 2.24) is 5.32 Å². The monoisotopic (exact) mass is 228 g/mol. The van der Waals surface area contributed by atoms with Crippen LogP contribution in [0.15, 0.2) is 0 Å². The quantitative estimate of drug-likeness (QED) is 0.304. The molecule has 0 fully saturated rings. The van der Waals surface area contributed by atoms with Gasteiger partial charge in [-0.05, 0) is 36.7 Å². The SMILES string of the molecule is NCCCCNCCSS(=O)(=O)O. The molecule has 0 aliphatic heterocycles. The molecule has 4 N–H and O–H groups in total. The van der Waals surface area contributed by atoms with Crippen molar-refractivity contribution in [2.45, 2.75) is 12.8 Å². The zero-order valence-electron chi connectivity index (χ0n) is 7.40. The van der Waals surface area contributed by atoms with Crippen molar-refractivity contribution in [3.63, 3.8) is 0 Å². The summed E-state index contributed by atoms with van der Waals surface area (Å²) in [5, 5.41) is 3.04. The van der Waals surface area contributed by atoms with Gasteiger partial charge in [0.15, 0.2) is 0 Å². The Hall–Kier alpha value is 0.180. The van der Waals surface area contributed by atoms with Crippen LogP contribution in [-0.4, -0.2) is 38.4 Å². The summed E-state index contributed by atoms with van der Waals surface area (Å²) in [6.45, 7) is 2.10. The van der Waals surface area contributed by atoms with E-state index in [-0.39, 0.29) is 0 Å². The molecule has 0 bridgehead atoms. The van der Waals surface area contributed by atoms with Crippen LogP contribution in [0.3, 0.4) is 0 Å². The molecule has 0 aromatic heterocycles. The number of unbranched alkanes of at least 4 members (excludes halogenated alkanes) is 1. The van der Waals surface area contributed by atoms with E-state index in [0.29, 0.717) is 29.6 Å². The molecule has 0 aliphatic rings. The summed E-state index contributed by atoms with van der Waals surface area (Å²) < 4.78 is 28.8. The van der Waals surface area contributed by atoms with Crippen molar-refractivity contribution in [3.05, 3.63) is 0 Å². The largest absolute Gasteiger partial charge is 0.330 e. The first-order valence-electron chi connectivity index (χ1n) is 4.09. The van der Waals surface area contributed by atoms with Crippen LogP contribution in [0.4, 0.5) is 0 Å². The Kier molecular flexibility index (Phi) is 7.68. The normalized spacial score (nSPS) is 11.8.